The maximum atomic E-state index is 5.93. The fourth-order valence-corrected chi connectivity index (χ4v) is 1.89. The SMILES string of the molecule is Cn1nnc2c(Cl)cc(Br)cc21. The molecule has 1 heterocycles. The average Bonchev–Trinajstić information content (AvgIpc) is 2.33. The Bertz CT molecular complexity index is 437. The van der Waals surface area contributed by atoms with Gasteiger partial charge in [0.25, 0.3) is 0 Å². The molecule has 0 aliphatic carbocycles. The van der Waals surface area contributed by atoms with E-state index in [4.69, 9.17) is 11.6 Å². The maximum absolute atomic E-state index is 5.93. The average molecular weight is 246 g/mol. The van der Waals surface area contributed by atoms with E-state index in [1.807, 2.05) is 13.1 Å². The summed E-state index contributed by atoms with van der Waals surface area (Å²) in [6.07, 6.45) is 0. The van der Waals surface area contributed by atoms with Crippen LogP contribution >= 0.6 is 27.5 Å². The molecule has 0 aliphatic rings. The first-order valence-electron chi connectivity index (χ1n) is 3.33. The van der Waals surface area contributed by atoms with Crippen molar-refractivity contribution < 1.29 is 0 Å². The number of nitrogens with zero attached hydrogens (tertiary/aromatic N) is 3. The fraction of sp³-hybridized carbons (Fsp3) is 0.143. The third-order valence-corrected chi connectivity index (χ3v) is 2.38. The molecule has 0 fully saturated rings. The lowest BCUT2D eigenvalue weighted by Crippen LogP contribution is -1.88. The Hall–Kier alpha value is -0.610. The van der Waals surface area contributed by atoms with Crippen LogP contribution in [0.2, 0.25) is 5.02 Å². The number of hydrogen-bond donors (Lipinski definition) is 0. The van der Waals surface area contributed by atoms with Crippen molar-refractivity contribution >= 4 is 38.6 Å². The van der Waals surface area contributed by atoms with Crippen LogP contribution < -0.4 is 0 Å². The topological polar surface area (TPSA) is 30.7 Å². The van der Waals surface area contributed by atoms with Gasteiger partial charge in [0.2, 0.25) is 0 Å². The lowest BCUT2D eigenvalue weighted by atomic mass is 10.3. The van der Waals surface area contributed by atoms with E-state index < -0.39 is 0 Å². The van der Waals surface area contributed by atoms with E-state index in [9.17, 15) is 0 Å². The van der Waals surface area contributed by atoms with E-state index >= 15 is 0 Å². The second-order valence-electron chi connectivity index (χ2n) is 2.47. The third-order valence-electron chi connectivity index (χ3n) is 1.64. The van der Waals surface area contributed by atoms with Crippen molar-refractivity contribution in [3.05, 3.63) is 21.6 Å². The highest BCUT2D eigenvalue weighted by atomic mass is 79.9. The summed E-state index contributed by atoms with van der Waals surface area (Å²) in [4.78, 5) is 0. The molecule has 1 aromatic heterocycles. The Morgan fingerprint density at radius 2 is 2.25 bits per heavy atom. The fourth-order valence-electron chi connectivity index (χ4n) is 1.06. The highest BCUT2D eigenvalue weighted by Crippen LogP contribution is 2.25. The summed E-state index contributed by atoms with van der Waals surface area (Å²) < 4.78 is 2.62. The third kappa shape index (κ3) is 1.11. The Morgan fingerprint density at radius 1 is 1.50 bits per heavy atom. The number of aromatic nitrogens is 3. The zero-order chi connectivity index (χ0) is 8.72. The van der Waals surface area contributed by atoms with Crippen LogP contribution in [0.1, 0.15) is 0 Å². The van der Waals surface area contributed by atoms with Crippen molar-refractivity contribution in [1.29, 1.82) is 0 Å². The monoisotopic (exact) mass is 245 g/mol. The summed E-state index contributed by atoms with van der Waals surface area (Å²) >= 11 is 9.28. The van der Waals surface area contributed by atoms with E-state index in [2.05, 4.69) is 26.2 Å². The first-order valence-corrected chi connectivity index (χ1v) is 4.50. The molecule has 0 saturated heterocycles. The number of hydrogen-bond acceptors (Lipinski definition) is 2. The van der Waals surface area contributed by atoms with Crippen molar-refractivity contribution in [3.8, 4) is 0 Å². The van der Waals surface area contributed by atoms with Gasteiger partial charge in [0.1, 0.15) is 5.52 Å². The summed E-state index contributed by atoms with van der Waals surface area (Å²) in [5.74, 6) is 0. The van der Waals surface area contributed by atoms with Gasteiger partial charge in [-0.1, -0.05) is 32.7 Å². The quantitative estimate of drug-likeness (QED) is 0.714. The van der Waals surface area contributed by atoms with Gasteiger partial charge in [0, 0.05) is 11.5 Å². The lowest BCUT2D eigenvalue weighted by Gasteiger charge is -1.94. The predicted octanol–water partition coefficient (Wildman–Crippen LogP) is 2.38. The van der Waals surface area contributed by atoms with Crippen molar-refractivity contribution in [2.45, 2.75) is 0 Å². The highest BCUT2D eigenvalue weighted by Gasteiger charge is 2.06. The van der Waals surface area contributed by atoms with Crippen LogP contribution in [-0.4, -0.2) is 15.0 Å². The molecule has 3 nitrogen and oxygen atoms in total. The van der Waals surface area contributed by atoms with E-state index in [0.29, 0.717) is 5.02 Å². The molecule has 0 radical (unpaired) electrons. The minimum atomic E-state index is 0.618. The minimum Gasteiger partial charge on any atom is -0.248 e. The molecule has 0 amide bonds. The van der Waals surface area contributed by atoms with Gasteiger partial charge in [-0.15, -0.1) is 5.10 Å². The Balaban J connectivity index is 2.92. The number of rotatable bonds is 0. The smallest absolute Gasteiger partial charge is 0.131 e. The van der Waals surface area contributed by atoms with E-state index in [1.54, 1.807) is 10.7 Å². The van der Waals surface area contributed by atoms with E-state index in [1.165, 1.54) is 0 Å². The van der Waals surface area contributed by atoms with Crippen molar-refractivity contribution in [1.82, 2.24) is 15.0 Å². The van der Waals surface area contributed by atoms with Gasteiger partial charge < -0.3 is 0 Å². The first-order chi connectivity index (χ1) is 5.68. The molecule has 0 N–H and O–H groups in total. The molecular formula is C7H5BrClN3. The Labute approximate surface area is 82.4 Å². The van der Waals surface area contributed by atoms with Crippen LogP contribution in [0.25, 0.3) is 11.0 Å². The first kappa shape index (κ1) is 8.01. The molecule has 1 aromatic carbocycles. The predicted molar refractivity (Wildman–Crippen MR) is 51.2 cm³/mol. The lowest BCUT2D eigenvalue weighted by molar-refractivity contribution is 0.736. The van der Waals surface area contributed by atoms with E-state index in [-0.39, 0.29) is 0 Å². The minimum absolute atomic E-state index is 0.618. The van der Waals surface area contributed by atoms with Gasteiger partial charge in [-0.3, -0.25) is 0 Å². The Morgan fingerprint density at radius 3 is 3.00 bits per heavy atom. The van der Waals surface area contributed by atoms with Gasteiger partial charge in [0.05, 0.1) is 10.5 Å². The van der Waals surface area contributed by atoms with Crippen LogP contribution in [-0.2, 0) is 7.05 Å². The standard InChI is InChI=1S/C7H5BrClN3/c1-12-6-3-4(8)2-5(9)7(6)10-11-12/h2-3H,1H3. The normalized spacial score (nSPS) is 10.9. The molecule has 0 atom stereocenters. The van der Waals surface area contributed by atoms with Gasteiger partial charge in [0.15, 0.2) is 0 Å². The van der Waals surface area contributed by atoms with E-state index in [0.717, 1.165) is 15.5 Å². The molecular weight excluding hydrogens is 241 g/mol. The van der Waals surface area contributed by atoms with Crippen molar-refractivity contribution in [2.75, 3.05) is 0 Å². The number of halogens is 2. The summed E-state index contributed by atoms with van der Waals surface area (Å²) in [5, 5.41) is 8.40. The molecule has 0 saturated carbocycles. The zero-order valence-corrected chi connectivity index (χ0v) is 8.59. The van der Waals surface area contributed by atoms with Crippen LogP contribution in [0, 0.1) is 0 Å². The summed E-state index contributed by atoms with van der Waals surface area (Å²) in [5.41, 5.74) is 1.66. The van der Waals surface area contributed by atoms with Crippen molar-refractivity contribution in [3.63, 3.8) is 0 Å². The molecule has 5 heteroatoms. The molecule has 2 aromatic rings. The molecule has 0 spiro atoms. The zero-order valence-electron chi connectivity index (χ0n) is 6.25. The number of fused-ring (bicyclic) bond motifs is 1. The maximum Gasteiger partial charge on any atom is 0.131 e. The van der Waals surface area contributed by atoms with Crippen LogP contribution in [0.5, 0.6) is 0 Å². The number of benzene rings is 1. The molecule has 0 unspecified atom stereocenters. The van der Waals surface area contributed by atoms with Gasteiger partial charge >= 0.3 is 0 Å². The molecule has 62 valence electrons. The van der Waals surface area contributed by atoms with Gasteiger partial charge in [-0.2, -0.15) is 0 Å². The molecule has 0 aliphatic heterocycles. The van der Waals surface area contributed by atoms with Crippen LogP contribution in [0.15, 0.2) is 16.6 Å². The largest absolute Gasteiger partial charge is 0.248 e. The Kier molecular flexibility index (Phi) is 1.81. The summed E-state index contributed by atoms with van der Waals surface area (Å²) in [6, 6.07) is 3.74. The van der Waals surface area contributed by atoms with Gasteiger partial charge in [-0.25, -0.2) is 4.68 Å². The van der Waals surface area contributed by atoms with Gasteiger partial charge in [-0.05, 0) is 12.1 Å². The second-order valence-corrected chi connectivity index (χ2v) is 3.79. The number of aryl methyl sites for hydroxylation is 1. The second kappa shape index (κ2) is 2.71. The molecule has 2 rings (SSSR count). The summed E-state index contributed by atoms with van der Waals surface area (Å²) in [6.45, 7) is 0. The molecule has 12 heavy (non-hydrogen) atoms. The molecule has 0 bridgehead atoms. The van der Waals surface area contributed by atoms with Crippen LogP contribution in [0.3, 0.4) is 0 Å². The van der Waals surface area contributed by atoms with Crippen molar-refractivity contribution in [2.24, 2.45) is 7.05 Å². The highest BCUT2D eigenvalue weighted by molar-refractivity contribution is 9.10. The van der Waals surface area contributed by atoms with Crippen LogP contribution in [0.4, 0.5) is 0 Å². The summed E-state index contributed by atoms with van der Waals surface area (Å²) in [7, 11) is 1.83.